The van der Waals surface area contributed by atoms with Crippen molar-refractivity contribution in [3.8, 4) is 28.3 Å². The van der Waals surface area contributed by atoms with Crippen LogP contribution in [0.1, 0.15) is 62.9 Å². The highest BCUT2D eigenvalue weighted by Crippen LogP contribution is 2.33. The number of carbonyl (C=O) groups is 1. The molecule has 230 valence electrons. The van der Waals surface area contributed by atoms with E-state index in [0.29, 0.717) is 12.3 Å². The van der Waals surface area contributed by atoms with Crippen LogP contribution < -0.4 is 4.74 Å². The minimum atomic E-state index is -1.32. The van der Waals surface area contributed by atoms with Gasteiger partial charge in [-0.2, -0.15) is 0 Å². The van der Waals surface area contributed by atoms with E-state index < -0.39 is 6.16 Å². The van der Waals surface area contributed by atoms with E-state index in [1.165, 1.54) is 24.8 Å². The number of fused-ring (bicyclic) bond motifs is 2. The minimum Gasteiger partial charge on any atom is -0.449 e. The molecule has 0 spiro atoms. The normalized spacial score (nSPS) is 11.4. The van der Waals surface area contributed by atoms with Gasteiger partial charge in [0.05, 0.1) is 22.1 Å². The summed E-state index contributed by atoms with van der Waals surface area (Å²) >= 11 is 0. The number of imidazole rings is 2. The molecule has 0 fully saturated rings. The summed E-state index contributed by atoms with van der Waals surface area (Å²) in [5.74, 6) is 2.40. The van der Waals surface area contributed by atoms with Gasteiger partial charge in [-0.1, -0.05) is 87.7 Å². The number of rotatable bonds is 12. The fraction of sp³-hybridized carbons (Fsp3) is 0.289. The molecule has 7 nitrogen and oxygen atoms in total. The van der Waals surface area contributed by atoms with E-state index in [4.69, 9.17) is 19.8 Å². The Balaban J connectivity index is 1.39. The van der Waals surface area contributed by atoms with Crippen LogP contribution in [-0.2, 0) is 19.5 Å². The van der Waals surface area contributed by atoms with Gasteiger partial charge >= 0.3 is 6.16 Å². The maximum absolute atomic E-state index is 11.2. The number of ether oxygens (including phenoxy) is 1. The molecule has 0 saturated carbocycles. The number of hydrogen-bond acceptors (Lipinski definition) is 4. The molecule has 0 aliphatic heterocycles. The van der Waals surface area contributed by atoms with E-state index in [0.717, 1.165) is 81.8 Å². The molecule has 6 rings (SSSR count). The Labute approximate surface area is 264 Å². The maximum Gasteiger partial charge on any atom is 0.511 e. The summed E-state index contributed by atoms with van der Waals surface area (Å²) in [5.41, 5.74) is 9.38. The number of para-hydroxylation sites is 3. The largest absolute Gasteiger partial charge is 0.511 e. The highest BCUT2D eigenvalue weighted by Gasteiger charge is 2.18. The van der Waals surface area contributed by atoms with E-state index in [2.05, 4.69) is 78.4 Å². The highest BCUT2D eigenvalue weighted by molar-refractivity contribution is 5.87. The molecule has 0 atom stereocenters. The predicted octanol–water partition coefficient (Wildman–Crippen LogP) is 9.67. The minimum absolute atomic E-state index is 0.322. The molecule has 0 bridgehead atoms. The molecule has 0 amide bonds. The lowest BCUT2D eigenvalue weighted by molar-refractivity contribution is 0.144. The van der Waals surface area contributed by atoms with Crippen LogP contribution in [0.3, 0.4) is 0 Å². The molecular weight excluding hydrogens is 560 g/mol. The lowest BCUT2D eigenvalue weighted by Crippen LogP contribution is -2.06. The van der Waals surface area contributed by atoms with Crippen LogP contribution in [0.25, 0.3) is 44.6 Å². The molecule has 2 aromatic heterocycles. The van der Waals surface area contributed by atoms with Gasteiger partial charge in [-0.05, 0) is 66.8 Å². The molecule has 0 aliphatic rings. The van der Waals surface area contributed by atoms with Gasteiger partial charge in [0, 0.05) is 30.6 Å². The summed E-state index contributed by atoms with van der Waals surface area (Å²) in [6, 6.07) is 28.4. The van der Waals surface area contributed by atoms with Gasteiger partial charge in [0.1, 0.15) is 17.4 Å². The number of hydrogen-bond donors (Lipinski definition) is 1. The van der Waals surface area contributed by atoms with Crippen LogP contribution in [0.15, 0.2) is 84.9 Å². The first kappa shape index (κ1) is 30.1. The Kier molecular flexibility index (Phi) is 8.96. The van der Waals surface area contributed by atoms with Crippen LogP contribution >= 0.6 is 0 Å². The first-order valence-electron chi connectivity index (χ1n) is 16.0. The van der Waals surface area contributed by atoms with Crippen molar-refractivity contribution >= 4 is 28.2 Å². The SMILES string of the molecule is CCCCCCn1c(-c2cc(C)c3nc(CCC)n(Cc4ccc(-c5ccccc5OC(=O)O)cc4)c3c2)nc2ccccc21. The molecule has 0 radical (unpaired) electrons. The number of carboxylic acid groups (broad SMARTS) is 1. The molecule has 45 heavy (non-hydrogen) atoms. The summed E-state index contributed by atoms with van der Waals surface area (Å²) in [7, 11) is 0. The Bertz CT molecular complexity index is 1950. The summed E-state index contributed by atoms with van der Waals surface area (Å²) in [6.07, 6.45) is 5.37. The molecule has 1 N–H and O–H groups in total. The summed E-state index contributed by atoms with van der Waals surface area (Å²) in [5, 5.41) is 9.17. The summed E-state index contributed by atoms with van der Waals surface area (Å²) in [6.45, 7) is 8.21. The topological polar surface area (TPSA) is 82.2 Å². The Morgan fingerprint density at radius 1 is 0.800 bits per heavy atom. The van der Waals surface area contributed by atoms with E-state index in [-0.39, 0.29) is 0 Å². The van der Waals surface area contributed by atoms with Crippen LogP contribution in [0.4, 0.5) is 4.79 Å². The molecule has 6 aromatic rings. The van der Waals surface area contributed by atoms with Crippen molar-refractivity contribution in [3.05, 3.63) is 102 Å². The number of unbranched alkanes of at least 4 members (excludes halogenated alkanes) is 3. The van der Waals surface area contributed by atoms with Crippen molar-refractivity contribution in [1.82, 2.24) is 19.1 Å². The molecule has 4 aromatic carbocycles. The van der Waals surface area contributed by atoms with Crippen LogP contribution in [0.2, 0.25) is 0 Å². The second-order valence-corrected chi connectivity index (χ2v) is 11.7. The molecule has 0 saturated heterocycles. The first-order valence-corrected chi connectivity index (χ1v) is 16.0. The number of benzene rings is 4. The van der Waals surface area contributed by atoms with Gasteiger partial charge in [-0.15, -0.1) is 0 Å². The molecular formula is C38H40N4O3. The zero-order valence-electron chi connectivity index (χ0n) is 26.3. The lowest BCUT2D eigenvalue weighted by Gasteiger charge is -2.13. The van der Waals surface area contributed by atoms with Gasteiger partial charge in [0.25, 0.3) is 0 Å². The van der Waals surface area contributed by atoms with Crippen molar-refractivity contribution in [2.75, 3.05) is 0 Å². The first-order chi connectivity index (χ1) is 22.0. The van der Waals surface area contributed by atoms with Crippen molar-refractivity contribution in [2.24, 2.45) is 0 Å². The third-order valence-corrected chi connectivity index (χ3v) is 8.44. The van der Waals surface area contributed by atoms with Crippen LogP contribution in [0.5, 0.6) is 5.75 Å². The van der Waals surface area contributed by atoms with Crippen molar-refractivity contribution in [3.63, 3.8) is 0 Å². The number of nitrogens with zero attached hydrogens (tertiary/aromatic N) is 4. The zero-order valence-corrected chi connectivity index (χ0v) is 26.3. The number of aryl methyl sites for hydroxylation is 3. The predicted molar refractivity (Wildman–Crippen MR) is 181 cm³/mol. The molecule has 7 heteroatoms. The molecule has 0 unspecified atom stereocenters. The van der Waals surface area contributed by atoms with Crippen molar-refractivity contribution in [1.29, 1.82) is 0 Å². The standard InChI is InChI=1S/C38H40N4O3/c1-4-6-7-12-22-41-32-16-10-9-15-31(32)39-37(41)29-23-26(3)36-33(24-29)42(35(40-36)13-5-2)25-27-18-20-28(21-19-27)30-14-8-11-17-34(30)45-38(43)44/h8-11,14-21,23-24H,4-7,12-13,22,25H2,1-3H3,(H,43,44). The van der Waals surface area contributed by atoms with Crippen LogP contribution in [-0.4, -0.2) is 30.4 Å². The van der Waals surface area contributed by atoms with E-state index in [1.54, 1.807) is 12.1 Å². The van der Waals surface area contributed by atoms with Gasteiger partial charge in [0.2, 0.25) is 0 Å². The van der Waals surface area contributed by atoms with Gasteiger partial charge in [0.15, 0.2) is 0 Å². The Morgan fingerprint density at radius 2 is 1.58 bits per heavy atom. The second kappa shape index (κ2) is 13.4. The van der Waals surface area contributed by atoms with Gasteiger partial charge in [-0.3, -0.25) is 0 Å². The molecule has 0 aliphatic carbocycles. The smallest absolute Gasteiger partial charge is 0.449 e. The zero-order chi connectivity index (χ0) is 31.3. The average Bonchev–Trinajstić information content (AvgIpc) is 3.58. The Morgan fingerprint density at radius 3 is 2.36 bits per heavy atom. The van der Waals surface area contributed by atoms with Gasteiger partial charge in [-0.25, -0.2) is 14.8 Å². The van der Waals surface area contributed by atoms with Crippen LogP contribution in [0, 0.1) is 6.92 Å². The monoisotopic (exact) mass is 600 g/mol. The third-order valence-electron chi connectivity index (χ3n) is 8.44. The maximum atomic E-state index is 11.2. The quantitative estimate of drug-likeness (QED) is 0.0859. The fourth-order valence-corrected chi connectivity index (χ4v) is 6.24. The lowest BCUT2D eigenvalue weighted by atomic mass is 10.0. The fourth-order valence-electron chi connectivity index (χ4n) is 6.24. The van der Waals surface area contributed by atoms with E-state index >= 15 is 0 Å². The van der Waals surface area contributed by atoms with Gasteiger partial charge < -0.3 is 19.0 Å². The highest BCUT2D eigenvalue weighted by atomic mass is 16.7. The summed E-state index contributed by atoms with van der Waals surface area (Å²) in [4.78, 5) is 21.5. The van der Waals surface area contributed by atoms with Crippen molar-refractivity contribution < 1.29 is 14.6 Å². The second-order valence-electron chi connectivity index (χ2n) is 11.7. The Hall–Kier alpha value is -4.91. The van der Waals surface area contributed by atoms with E-state index in [1.807, 2.05) is 24.3 Å². The molecule has 2 heterocycles. The summed E-state index contributed by atoms with van der Waals surface area (Å²) < 4.78 is 9.76. The third kappa shape index (κ3) is 6.34. The average molecular weight is 601 g/mol. The number of aromatic nitrogens is 4. The van der Waals surface area contributed by atoms with E-state index in [9.17, 15) is 4.79 Å². The van der Waals surface area contributed by atoms with Crippen molar-refractivity contribution in [2.45, 2.75) is 72.4 Å².